The fourth-order valence-corrected chi connectivity index (χ4v) is 3.28. The first-order chi connectivity index (χ1) is 15.5. The molecular formula is C25H29FN2O4. The summed E-state index contributed by atoms with van der Waals surface area (Å²) in [4.78, 5) is 8.52. The maximum absolute atomic E-state index is 16.1. The van der Waals surface area contributed by atoms with E-state index >= 15 is 4.39 Å². The minimum Gasteiger partial charge on any atom is -0.481 e. The largest absolute Gasteiger partial charge is 0.481 e. The van der Waals surface area contributed by atoms with Crippen molar-refractivity contribution >= 4 is 0 Å². The Labute approximate surface area is 188 Å². The zero-order valence-electron chi connectivity index (χ0n) is 18.7. The van der Waals surface area contributed by atoms with Crippen LogP contribution in [0, 0.1) is 6.92 Å². The molecule has 3 rings (SSSR count). The number of alkyl halides is 1. The molecule has 7 heteroatoms. The number of hydrogen-bond acceptors (Lipinski definition) is 6. The summed E-state index contributed by atoms with van der Waals surface area (Å²) in [7, 11) is 2.97. The van der Waals surface area contributed by atoms with E-state index in [9.17, 15) is 0 Å². The number of rotatable bonds is 12. The molecule has 0 saturated heterocycles. The number of methoxy groups -OCH3 is 2. The molecule has 0 aliphatic carbocycles. The van der Waals surface area contributed by atoms with Gasteiger partial charge in [0.25, 0.3) is 0 Å². The van der Waals surface area contributed by atoms with Crippen molar-refractivity contribution < 1.29 is 23.3 Å². The molecule has 170 valence electrons. The van der Waals surface area contributed by atoms with Crippen LogP contribution in [0.4, 0.5) is 4.39 Å². The van der Waals surface area contributed by atoms with E-state index in [-0.39, 0.29) is 25.6 Å². The summed E-state index contributed by atoms with van der Waals surface area (Å²) < 4.78 is 38.1. The molecule has 0 bridgehead atoms. The zero-order valence-corrected chi connectivity index (χ0v) is 18.7. The van der Waals surface area contributed by atoms with Crippen LogP contribution in [0.1, 0.15) is 22.4 Å². The molecule has 0 unspecified atom stereocenters. The molecule has 1 heterocycles. The number of nitrogens with zero attached hydrogens (tertiary/aromatic N) is 2. The van der Waals surface area contributed by atoms with E-state index in [4.69, 9.17) is 18.9 Å². The third-order valence-electron chi connectivity index (χ3n) is 4.99. The van der Waals surface area contributed by atoms with E-state index in [1.165, 1.54) is 14.2 Å². The molecule has 3 aromatic rings. The van der Waals surface area contributed by atoms with E-state index < -0.39 is 5.67 Å². The van der Waals surface area contributed by atoms with Crippen LogP contribution in [0.25, 0.3) is 0 Å². The second-order valence-electron chi connectivity index (χ2n) is 7.58. The van der Waals surface area contributed by atoms with Gasteiger partial charge >= 0.3 is 6.01 Å². The highest BCUT2D eigenvalue weighted by Crippen LogP contribution is 2.27. The quantitative estimate of drug-likeness (QED) is 0.414. The van der Waals surface area contributed by atoms with Crippen LogP contribution in [0.5, 0.6) is 11.9 Å². The van der Waals surface area contributed by atoms with Crippen molar-refractivity contribution in [3.05, 3.63) is 83.0 Å². The molecule has 1 aromatic heterocycles. The van der Waals surface area contributed by atoms with Gasteiger partial charge in [0.15, 0.2) is 5.67 Å². The standard InChI is InChI=1S/C25H29FN2O4/c1-19-22(27-24(30-3)28-23(19)29-2)14-25(26,17-31-15-20-10-6-4-7-11-20)18-32-16-21-12-8-5-9-13-21/h4-13H,14-18H2,1-3H3. The fourth-order valence-electron chi connectivity index (χ4n) is 3.28. The molecule has 0 aliphatic rings. The van der Waals surface area contributed by atoms with Gasteiger partial charge in [-0.05, 0) is 18.1 Å². The van der Waals surface area contributed by atoms with Crippen molar-refractivity contribution in [2.45, 2.75) is 32.2 Å². The first-order valence-electron chi connectivity index (χ1n) is 10.4. The summed E-state index contributed by atoms with van der Waals surface area (Å²) in [5, 5.41) is 0. The van der Waals surface area contributed by atoms with Crippen LogP contribution in [-0.2, 0) is 29.1 Å². The normalized spacial score (nSPS) is 11.4. The molecule has 0 amide bonds. The van der Waals surface area contributed by atoms with Crippen LogP contribution in [0.3, 0.4) is 0 Å². The molecule has 0 fully saturated rings. The summed E-state index contributed by atoms with van der Waals surface area (Å²) in [5.41, 5.74) is 1.28. The zero-order chi connectivity index (χ0) is 22.8. The second-order valence-corrected chi connectivity index (χ2v) is 7.58. The number of hydrogen-bond donors (Lipinski definition) is 0. The number of benzene rings is 2. The van der Waals surface area contributed by atoms with E-state index in [2.05, 4.69) is 9.97 Å². The predicted molar refractivity (Wildman–Crippen MR) is 120 cm³/mol. The molecule has 0 atom stereocenters. The van der Waals surface area contributed by atoms with Crippen molar-refractivity contribution in [3.63, 3.8) is 0 Å². The van der Waals surface area contributed by atoms with Gasteiger partial charge < -0.3 is 18.9 Å². The fraction of sp³-hybridized carbons (Fsp3) is 0.360. The van der Waals surface area contributed by atoms with E-state index in [1.54, 1.807) is 6.92 Å². The van der Waals surface area contributed by atoms with Gasteiger partial charge in [0.05, 0.1) is 46.3 Å². The van der Waals surface area contributed by atoms with Gasteiger partial charge in [-0.25, -0.2) is 4.39 Å². The van der Waals surface area contributed by atoms with Gasteiger partial charge in [-0.15, -0.1) is 0 Å². The summed E-state index contributed by atoms with van der Waals surface area (Å²) in [6.45, 7) is 2.11. The Morgan fingerprint density at radius 1 is 0.781 bits per heavy atom. The summed E-state index contributed by atoms with van der Waals surface area (Å²) in [6, 6.07) is 19.4. The maximum Gasteiger partial charge on any atom is 0.319 e. The molecular weight excluding hydrogens is 411 g/mol. The van der Waals surface area contributed by atoms with Crippen molar-refractivity contribution in [1.29, 1.82) is 0 Å². The topological polar surface area (TPSA) is 62.7 Å². The lowest BCUT2D eigenvalue weighted by Crippen LogP contribution is -2.38. The lowest BCUT2D eigenvalue weighted by atomic mass is 9.99. The summed E-state index contributed by atoms with van der Waals surface area (Å²) in [6.07, 6.45) is -0.0301. The van der Waals surface area contributed by atoms with Crippen LogP contribution in [0.15, 0.2) is 60.7 Å². The van der Waals surface area contributed by atoms with Gasteiger partial charge in [-0.1, -0.05) is 60.7 Å². The van der Waals surface area contributed by atoms with E-state index in [1.807, 2.05) is 60.7 Å². The number of halogens is 1. The Bertz CT molecular complexity index is 925. The number of ether oxygens (including phenoxy) is 4. The molecule has 0 saturated carbocycles. The average Bonchev–Trinajstić information content (AvgIpc) is 2.82. The Morgan fingerprint density at radius 2 is 1.31 bits per heavy atom. The monoisotopic (exact) mass is 440 g/mol. The Kier molecular flexibility index (Phi) is 8.53. The minimum absolute atomic E-state index is 0.0301. The Balaban J connectivity index is 1.74. The highest BCUT2D eigenvalue weighted by atomic mass is 19.1. The van der Waals surface area contributed by atoms with Gasteiger partial charge in [-0.3, -0.25) is 0 Å². The van der Waals surface area contributed by atoms with E-state index in [0.717, 1.165) is 11.1 Å². The van der Waals surface area contributed by atoms with Crippen molar-refractivity contribution in [2.24, 2.45) is 0 Å². The van der Waals surface area contributed by atoms with Gasteiger partial charge in [-0.2, -0.15) is 9.97 Å². The lowest BCUT2D eigenvalue weighted by Gasteiger charge is -2.26. The molecule has 0 radical (unpaired) electrons. The summed E-state index contributed by atoms with van der Waals surface area (Å²) in [5.74, 6) is 0.351. The molecule has 6 nitrogen and oxygen atoms in total. The molecule has 0 N–H and O–H groups in total. The van der Waals surface area contributed by atoms with Gasteiger partial charge in [0.1, 0.15) is 0 Å². The summed E-state index contributed by atoms with van der Waals surface area (Å²) >= 11 is 0. The van der Waals surface area contributed by atoms with Crippen LogP contribution < -0.4 is 9.47 Å². The third kappa shape index (κ3) is 6.73. The second kappa shape index (κ2) is 11.5. The minimum atomic E-state index is -1.81. The smallest absolute Gasteiger partial charge is 0.319 e. The molecule has 0 aliphatic heterocycles. The van der Waals surface area contributed by atoms with Gasteiger partial charge in [0, 0.05) is 12.0 Å². The SMILES string of the molecule is COc1nc(CC(F)(COCc2ccccc2)COCc2ccccc2)c(C)c(OC)n1. The first-order valence-corrected chi connectivity index (χ1v) is 10.4. The average molecular weight is 441 g/mol. The van der Waals surface area contributed by atoms with E-state index in [0.29, 0.717) is 30.4 Å². The first kappa shape index (κ1) is 23.6. The lowest BCUT2D eigenvalue weighted by molar-refractivity contribution is -0.0536. The van der Waals surface area contributed by atoms with Gasteiger partial charge in [0.2, 0.25) is 5.88 Å². The maximum atomic E-state index is 16.1. The van der Waals surface area contributed by atoms with Crippen molar-refractivity contribution in [3.8, 4) is 11.9 Å². The van der Waals surface area contributed by atoms with Crippen molar-refractivity contribution in [2.75, 3.05) is 27.4 Å². The van der Waals surface area contributed by atoms with Crippen LogP contribution in [0.2, 0.25) is 0 Å². The third-order valence-corrected chi connectivity index (χ3v) is 4.99. The van der Waals surface area contributed by atoms with Crippen LogP contribution >= 0.6 is 0 Å². The molecule has 2 aromatic carbocycles. The molecule has 32 heavy (non-hydrogen) atoms. The number of aromatic nitrogens is 2. The highest BCUT2D eigenvalue weighted by molar-refractivity contribution is 5.32. The predicted octanol–water partition coefficient (Wildman–Crippen LogP) is 4.49. The Hall–Kier alpha value is -3.03. The highest BCUT2D eigenvalue weighted by Gasteiger charge is 2.33. The molecule has 0 spiro atoms. The van der Waals surface area contributed by atoms with Crippen LogP contribution in [-0.4, -0.2) is 43.1 Å². The van der Waals surface area contributed by atoms with Crippen molar-refractivity contribution in [1.82, 2.24) is 9.97 Å². The Morgan fingerprint density at radius 3 is 1.78 bits per heavy atom.